The lowest BCUT2D eigenvalue weighted by atomic mass is 10.1. The normalized spacial score (nSPS) is 10.4. The van der Waals surface area contributed by atoms with Gasteiger partial charge in [-0.2, -0.15) is 0 Å². The maximum absolute atomic E-state index is 13.2. The SMILES string of the molecule is [N-]=[N+]=NCc1cc(=O)oc2cc(OCc3cccc(F)c3)ccc12. The van der Waals surface area contributed by atoms with Gasteiger partial charge < -0.3 is 9.15 Å². The zero-order chi connectivity index (χ0) is 16.9. The fraction of sp³-hybridized carbons (Fsp3) is 0.118. The molecule has 0 aliphatic carbocycles. The first-order valence-corrected chi connectivity index (χ1v) is 7.10. The number of azide groups is 1. The third kappa shape index (κ3) is 3.53. The predicted octanol–water partition coefficient (Wildman–Crippen LogP) is 4.32. The third-order valence-electron chi connectivity index (χ3n) is 3.40. The molecule has 0 radical (unpaired) electrons. The number of fused-ring (bicyclic) bond motifs is 1. The molecular formula is C17H12FN3O3. The number of hydrogen-bond donors (Lipinski definition) is 0. The van der Waals surface area contributed by atoms with Crippen LogP contribution in [-0.4, -0.2) is 0 Å². The van der Waals surface area contributed by atoms with Gasteiger partial charge in [-0.3, -0.25) is 0 Å². The van der Waals surface area contributed by atoms with Gasteiger partial charge in [-0.25, -0.2) is 9.18 Å². The largest absolute Gasteiger partial charge is 0.489 e. The summed E-state index contributed by atoms with van der Waals surface area (Å²) in [6.07, 6.45) is 0. The standard InChI is InChI=1S/C17H12FN3O3/c18-13-3-1-2-11(6-13)10-23-14-4-5-15-12(9-20-21-19)7-17(22)24-16(15)8-14/h1-8H,9-10H2. The Morgan fingerprint density at radius 2 is 2.08 bits per heavy atom. The lowest BCUT2D eigenvalue weighted by molar-refractivity contribution is 0.305. The monoisotopic (exact) mass is 325 g/mol. The summed E-state index contributed by atoms with van der Waals surface area (Å²) in [4.78, 5) is 14.3. The number of ether oxygens (including phenoxy) is 1. The van der Waals surface area contributed by atoms with E-state index in [1.165, 1.54) is 18.2 Å². The van der Waals surface area contributed by atoms with Crippen LogP contribution in [0.1, 0.15) is 11.1 Å². The molecule has 0 saturated carbocycles. The lowest BCUT2D eigenvalue weighted by Gasteiger charge is -2.08. The van der Waals surface area contributed by atoms with Crippen LogP contribution >= 0.6 is 0 Å². The van der Waals surface area contributed by atoms with E-state index in [9.17, 15) is 9.18 Å². The van der Waals surface area contributed by atoms with Crippen molar-refractivity contribution in [1.29, 1.82) is 0 Å². The summed E-state index contributed by atoms with van der Waals surface area (Å²) in [6.45, 7) is 0.244. The molecule has 0 spiro atoms. The molecule has 0 saturated heterocycles. The van der Waals surface area contributed by atoms with Crippen molar-refractivity contribution in [2.45, 2.75) is 13.2 Å². The molecule has 1 heterocycles. The molecule has 24 heavy (non-hydrogen) atoms. The second-order valence-electron chi connectivity index (χ2n) is 5.06. The maximum atomic E-state index is 13.2. The molecule has 1 aromatic heterocycles. The molecular weight excluding hydrogens is 313 g/mol. The van der Waals surface area contributed by atoms with Crippen LogP contribution in [0.4, 0.5) is 4.39 Å². The van der Waals surface area contributed by atoms with Gasteiger partial charge in [-0.1, -0.05) is 17.2 Å². The second-order valence-corrected chi connectivity index (χ2v) is 5.06. The van der Waals surface area contributed by atoms with Crippen LogP contribution in [0, 0.1) is 5.82 Å². The van der Waals surface area contributed by atoms with Gasteiger partial charge in [0.15, 0.2) is 0 Å². The van der Waals surface area contributed by atoms with E-state index in [1.807, 2.05) is 0 Å². The molecule has 0 N–H and O–H groups in total. The summed E-state index contributed by atoms with van der Waals surface area (Å²) < 4.78 is 23.9. The van der Waals surface area contributed by atoms with Crippen LogP contribution < -0.4 is 10.4 Å². The van der Waals surface area contributed by atoms with E-state index >= 15 is 0 Å². The highest BCUT2D eigenvalue weighted by atomic mass is 19.1. The van der Waals surface area contributed by atoms with Crippen molar-refractivity contribution in [3.8, 4) is 5.75 Å². The van der Waals surface area contributed by atoms with E-state index in [0.717, 1.165) is 0 Å². The average molecular weight is 325 g/mol. The highest BCUT2D eigenvalue weighted by Crippen LogP contribution is 2.24. The summed E-state index contributed by atoms with van der Waals surface area (Å²) >= 11 is 0. The van der Waals surface area contributed by atoms with Crippen molar-refractivity contribution < 1.29 is 13.5 Å². The van der Waals surface area contributed by atoms with Gasteiger partial charge in [0, 0.05) is 22.4 Å². The van der Waals surface area contributed by atoms with Crippen LogP contribution in [-0.2, 0) is 13.2 Å². The molecule has 2 aromatic carbocycles. The molecule has 0 atom stereocenters. The topological polar surface area (TPSA) is 88.2 Å². The Bertz CT molecular complexity index is 994. The summed E-state index contributed by atoms with van der Waals surface area (Å²) in [6, 6.07) is 12.4. The Kier molecular flexibility index (Phi) is 4.45. The Morgan fingerprint density at radius 1 is 1.21 bits per heavy atom. The molecule has 7 heteroatoms. The number of nitrogens with zero attached hydrogens (tertiary/aromatic N) is 3. The Morgan fingerprint density at radius 3 is 2.88 bits per heavy atom. The number of hydrogen-bond acceptors (Lipinski definition) is 4. The molecule has 0 bridgehead atoms. The molecule has 0 aliphatic heterocycles. The average Bonchev–Trinajstić information content (AvgIpc) is 2.57. The van der Waals surface area contributed by atoms with Gasteiger partial charge in [0.25, 0.3) is 0 Å². The lowest BCUT2D eigenvalue weighted by Crippen LogP contribution is -2.01. The van der Waals surface area contributed by atoms with Crippen LogP contribution in [0.2, 0.25) is 0 Å². The summed E-state index contributed by atoms with van der Waals surface area (Å²) in [5.74, 6) is 0.152. The molecule has 0 aliphatic rings. The number of benzene rings is 2. The van der Waals surface area contributed by atoms with E-state index in [2.05, 4.69) is 10.0 Å². The van der Waals surface area contributed by atoms with Crippen molar-refractivity contribution in [1.82, 2.24) is 0 Å². The molecule has 0 amide bonds. The van der Waals surface area contributed by atoms with Crippen molar-refractivity contribution in [2.24, 2.45) is 5.11 Å². The molecule has 0 unspecified atom stereocenters. The molecule has 6 nitrogen and oxygen atoms in total. The third-order valence-corrected chi connectivity index (χ3v) is 3.40. The van der Waals surface area contributed by atoms with Crippen molar-refractivity contribution >= 4 is 11.0 Å². The smallest absolute Gasteiger partial charge is 0.336 e. The predicted molar refractivity (Wildman–Crippen MR) is 86.1 cm³/mol. The van der Waals surface area contributed by atoms with Crippen LogP contribution in [0.3, 0.4) is 0 Å². The number of rotatable bonds is 5. The highest BCUT2D eigenvalue weighted by molar-refractivity contribution is 5.81. The van der Waals surface area contributed by atoms with E-state index in [-0.39, 0.29) is 19.0 Å². The minimum atomic E-state index is -0.534. The molecule has 0 fully saturated rings. The van der Waals surface area contributed by atoms with Gasteiger partial charge in [-0.05, 0) is 40.9 Å². The Labute approximate surface area is 135 Å². The van der Waals surface area contributed by atoms with Gasteiger partial charge in [0.1, 0.15) is 23.8 Å². The fourth-order valence-corrected chi connectivity index (χ4v) is 2.33. The van der Waals surface area contributed by atoms with Crippen molar-refractivity contribution in [2.75, 3.05) is 0 Å². The van der Waals surface area contributed by atoms with Crippen LogP contribution in [0.15, 0.2) is 62.9 Å². The van der Waals surface area contributed by atoms with E-state index in [4.69, 9.17) is 14.7 Å². The van der Waals surface area contributed by atoms with E-state index in [1.54, 1.807) is 30.3 Å². The first-order valence-electron chi connectivity index (χ1n) is 7.10. The molecule has 3 rings (SSSR count). The molecule has 3 aromatic rings. The van der Waals surface area contributed by atoms with Crippen LogP contribution in [0.25, 0.3) is 21.4 Å². The van der Waals surface area contributed by atoms with Gasteiger partial charge >= 0.3 is 5.63 Å². The van der Waals surface area contributed by atoms with Crippen LogP contribution in [0.5, 0.6) is 5.75 Å². The van der Waals surface area contributed by atoms with E-state index < -0.39 is 5.63 Å². The first-order chi connectivity index (χ1) is 11.7. The Balaban J connectivity index is 1.88. The summed E-state index contributed by atoms with van der Waals surface area (Å²) in [5.41, 5.74) is 9.49. The summed E-state index contributed by atoms with van der Waals surface area (Å²) in [5, 5.41) is 4.14. The van der Waals surface area contributed by atoms with Crippen molar-refractivity contribution in [3.05, 3.63) is 86.3 Å². The van der Waals surface area contributed by atoms with Gasteiger partial charge in [0.05, 0.1) is 6.54 Å². The Hall–Kier alpha value is -3.31. The minimum Gasteiger partial charge on any atom is -0.489 e. The highest BCUT2D eigenvalue weighted by Gasteiger charge is 2.07. The molecule has 120 valence electrons. The zero-order valence-electron chi connectivity index (χ0n) is 12.5. The second kappa shape index (κ2) is 6.85. The quantitative estimate of drug-likeness (QED) is 0.303. The summed E-state index contributed by atoms with van der Waals surface area (Å²) in [7, 11) is 0. The minimum absolute atomic E-state index is 0.0576. The van der Waals surface area contributed by atoms with E-state index in [0.29, 0.717) is 27.8 Å². The first kappa shape index (κ1) is 15.6. The number of halogens is 1. The van der Waals surface area contributed by atoms with Gasteiger partial charge in [-0.15, -0.1) is 0 Å². The maximum Gasteiger partial charge on any atom is 0.336 e. The van der Waals surface area contributed by atoms with Crippen molar-refractivity contribution in [3.63, 3.8) is 0 Å². The van der Waals surface area contributed by atoms with Gasteiger partial charge in [0.2, 0.25) is 0 Å². The fourth-order valence-electron chi connectivity index (χ4n) is 2.33. The zero-order valence-corrected chi connectivity index (χ0v) is 12.5.